The van der Waals surface area contributed by atoms with Gasteiger partial charge >= 0.3 is 0 Å². The standard InChI is InChI=1S/C22H22ClN5O/c23-18-4-1-3-15(11-18)6-9-21(29)28-10-2-5-20(28)19-8-7-16(12-25-19)17-13-26-22(24)27-14-17/h1,3-4,7-8,11-14,20H,2,5-6,9-10H2,(H2,24,26,27)/t20-/m0/s1. The molecule has 0 aliphatic carbocycles. The van der Waals surface area contributed by atoms with Gasteiger partial charge in [0.25, 0.3) is 0 Å². The zero-order valence-corrected chi connectivity index (χ0v) is 16.7. The fourth-order valence-electron chi connectivity index (χ4n) is 3.72. The van der Waals surface area contributed by atoms with Crippen molar-refractivity contribution >= 4 is 23.5 Å². The SMILES string of the molecule is Nc1ncc(-c2ccc([C@@H]3CCCN3C(=O)CCc3cccc(Cl)c3)nc2)cn1. The van der Waals surface area contributed by atoms with Gasteiger partial charge in [0.15, 0.2) is 0 Å². The molecule has 3 heterocycles. The zero-order valence-electron chi connectivity index (χ0n) is 16.0. The van der Waals surface area contributed by atoms with E-state index in [1.165, 1.54) is 0 Å². The molecule has 1 amide bonds. The molecule has 1 atom stereocenters. The lowest BCUT2D eigenvalue weighted by Gasteiger charge is -2.24. The second-order valence-corrected chi connectivity index (χ2v) is 7.61. The summed E-state index contributed by atoms with van der Waals surface area (Å²) in [5.41, 5.74) is 9.32. The molecule has 3 aromatic rings. The number of pyridine rings is 1. The Bertz CT molecular complexity index is 991. The molecule has 1 fully saturated rings. The fraction of sp³-hybridized carbons (Fsp3) is 0.273. The van der Waals surface area contributed by atoms with E-state index in [-0.39, 0.29) is 17.9 Å². The van der Waals surface area contributed by atoms with Gasteiger partial charge in [-0.25, -0.2) is 9.97 Å². The minimum absolute atomic E-state index is 0.0265. The Morgan fingerprint density at radius 3 is 2.62 bits per heavy atom. The van der Waals surface area contributed by atoms with E-state index in [4.69, 9.17) is 17.3 Å². The van der Waals surface area contributed by atoms with Gasteiger partial charge in [-0.15, -0.1) is 0 Å². The number of benzene rings is 1. The van der Waals surface area contributed by atoms with Crippen LogP contribution in [0.2, 0.25) is 5.02 Å². The van der Waals surface area contributed by atoms with E-state index < -0.39 is 0 Å². The molecular weight excluding hydrogens is 386 g/mol. The number of nitrogens with zero attached hydrogens (tertiary/aromatic N) is 4. The number of nitrogens with two attached hydrogens (primary N) is 1. The summed E-state index contributed by atoms with van der Waals surface area (Å²) >= 11 is 6.04. The van der Waals surface area contributed by atoms with E-state index in [0.717, 1.165) is 41.8 Å². The third-order valence-electron chi connectivity index (χ3n) is 5.22. The minimum Gasteiger partial charge on any atom is -0.368 e. The molecule has 1 aliphatic heterocycles. The molecular formula is C22H22ClN5O. The Kier molecular flexibility index (Phi) is 5.71. The lowest BCUT2D eigenvalue weighted by Crippen LogP contribution is -2.31. The van der Waals surface area contributed by atoms with E-state index >= 15 is 0 Å². The Labute approximate surface area is 174 Å². The van der Waals surface area contributed by atoms with Crippen molar-refractivity contribution in [2.24, 2.45) is 0 Å². The highest BCUT2D eigenvalue weighted by Gasteiger charge is 2.30. The van der Waals surface area contributed by atoms with Crippen LogP contribution in [0.1, 0.15) is 36.6 Å². The monoisotopic (exact) mass is 407 g/mol. The van der Waals surface area contributed by atoms with E-state index in [9.17, 15) is 4.79 Å². The van der Waals surface area contributed by atoms with Crippen molar-refractivity contribution in [1.29, 1.82) is 0 Å². The van der Waals surface area contributed by atoms with Crippen molar-refractivity contribution in [3.05, 3.63) is 71.3 Å². The summed E-state index contributed by atoms with van der Waals surface area (Å²) in [4.78, 5) is 27.5. The number of hydrogen-bond acceptors (Lipinski definition) is 5. The largest absolute Gasteiger partial charge is 0.368 e. The van der Waals surface area contributed by atoms with E-state index in [0.29, 0.717) is 17.9 Å². The summed E-state index contributed by atoms with van der Waals surface area (Å²) in [6.45, 7) is 0.772. The van der Waals surface area contributed by atoms with Crippen LogP contribution >= 0.6 is 11.6 Å². The van der Waals surface area contributed by atoms with Gasteiger partial charge in [-0.3, -0.25) is 9.78 Å². The first-order valence-corrected chi connectivity index (χ1v) is 10.1. The summed E-state index contributed by atoms with van der Waals surface area (Å²) in [6.07, 6.45) is 8.24. The molecule has 0 bridgehead atoms. The van der Waals surface area contributed by atoms with E-state index in [2.05, 4.69) is 15.0 Å². The number of nitrogen functional groups attached to an aromatic ring is 1. The molecule has 1 saturated heterocycles. The number of halogens is 1. The van der Waals surface area contributed by atoms with Crippen LogP contribution in [0.5, 0.6) is 0 Å². The molecule has 2 aromatic heterocycles. The van der Waals surface area contributed by atoms with Crippen LogP contribution < -0.4 is 5.73 Å². The van der Waals surface area contributed by atoms with Gasteiger partial charge in [-0.2, -0.15) is 0 Å². The summed E-state index contributed by atoms with van der Waals surface area (Å²) in [7, 11) is 0. The second kappa shape index (κ2) is 8.57. The highest BCUT2D eigenvalue weighted by Crippen LogP contribution is 2.32. The van der Waals surface area contributed by atoms with Crippen LogP contribution in [-0.2, 0) is 11.2 Å². The van der Waals surface area contributed by atoms with Crippen LogP contribution in [0.3, 0.4) is 0 Å². The molecule has 6 nitrogen and oxygen atoms in total. The minimum atomic E-state index is 0.0265. The summed E-state index contributed by atoms with van der Waals surface area (Å²) in [5.74, 6) is 0.404. The number of likely N-dealkylation sites (tertiary alicyclic amines) is 1. The highest BCUT2D eigenvalue weighted by atomic mass is 35.5. The molecule has 0 radical (unpaired) electrons. The molecule has 4 rings (SSSR count). The predicted octanol–water partition coefficient (Wildman–Crippen LogP) is 4.07. The lowest BCUT2D eigenvalue weighted by molar-refractivity contribution is -0.132. The predicted molar refractivity (Wildman–Crippen MR) is 113 cm³/mol. The zero-order chi connectivity index (χ0) is 20.2. The molecule has 148 valence electrons. The molecule has 1 aliphatic rings. The highest BCUT2D eigenvalue weighted by molar-refractivity contribution is 6.30. The molecule has 0 unspecified atom stereocenters. The van der Waals surface area contributed by atoms with Crippen LogP contribution in [0.25, 0.3) is 11.1 Å². The number of aromatic nitrogens is 3. The number of anilines is 1. The lowest BCUT2D eigenvalue weighted by atomic mass is 10.1. The summed E-state index contributed by atoms with van der Waals surface area (Å²) < 4.78 is 0. The van der Waals surface area contributed by atoms with Gasteiger partial charge in [0.05, 0.1) is 11.7 Å². The third-order valence-corrected chi connectivity index (χ3v) is 5.46. The van der Waals surface area contributed by atoms with Gasteiger partial charge in [0.1, 0.15) is 0 Å². The first-order chi connectivity index (χ1) is 14.1. The van der Waals surface area contributed by atoms with E-state index in [1.54, 1.807) is 18.6 Å². The topological polar surface area (TPSA) is 85.0 Å². The third kappa shape index (κ3) is 4.54. The van der Waals surface area contributed by atoms with Crippen molar-refractivity contribution in [3.8, 4) is 11.1 Å². The van der Waals surface area contributed by atoms with Gasteiger partial charge in [-0.05, 0) is 43.0 Å². The average molecular weight is 408 g/mol. The first kappa shape index (κ1) is 19.3. The van der Waals surface area contributed by atoms with Gasteiger partial charge < -0.3 is 10.6 Å². The molecule has 29 heavy (non-hydrogen) atoms. The van der Waals surface area contributed by atoms with Crippen LogP contribution in [0.15, 0.2) is 55.0 Å². The van der Waals surface area contributed by atoms with Crippen molar-refractivity contribution in [2.45, 2.75) is 31.7 Å². The van der Waals surface area contributed by atoms with Gasteiger partial charge in [-0.1, -0.05) is 29.8 Å². The number of rotatable bonds is 5. The normalized spacial score (nSPS) is 16.2. The average Bonchev–Trinajstić information content (AvgIpc) is 3.23. The molecule has 0 spiro atoms. The van der Waals surface area contributed by atoms with Crippen molar-refractivity contribution in [1.82, 2.24) is 19.9 Å². The van der Waals surface area contributed by atoms with Gasteiger partial charge in [0, 0.05) is 47.7 Å². The van der Waals surface area contributed by atoms with Crippen molar-refractivity contribution in [3.63, 3.8) is 0 Å². The van der Waals surface area contributed by atoms with Gasteiger partial charge in [0.2, 0.25) is 11.9 Å². The maximum atomic E-state index is 12.8. The quantitative estimate of drug-likeness (QED) is 0.689. The maximum Gasteiger partial charge on any atom is 0.223 e. The molecule has 7 heteroatoms. The van der Waals surface area contributed by atoms with Crippen LogP contribution in [-0.4, -0.2) is 32.3 Å². The number of hydrogen-bond donors (Lipinski definition) is 1. The summed E-state index contributed by atoms with van der Waals surface area (Å²) in [5, 5.41) is 0.699. The van der Waals surface area contributed by atoms with Crippen molar-refractivity contribution in [2.75, 3.05) is 12.3 Å². The smallest absolute Gasteiger partial charge is 0.223 e. The van der Waals surface area contributed by atoms with E-state index in [1.807, 2.05) is 41.3 Å². The number of carbonyl (C=O) groups is 1. The van der Waals surface area contributed by atoms with Crippen molar-refractivity contribution < 1.29 is 4.79 Å². The summed E-state index contributed by atoms with van der Waals surface area (Å²) in [6, 6.07) is 11.7. The van der Waals surface area contributed by atoms with Crippen LogP contribution in [0.4, 0.5) is 5.95 Å². The number of aryl methyl sites for hydroxylation is 1. The molecule has 2 N–H and O–H groups in total. The Hall–Kier alpha value is -2.99. The Balaban J connectivity index is 1.43. The molecule has 0 saturated carbocycles. The molecule has 1 aromatic carbocycles. The number of carbonyl (C=O) groups excluding carboxylic acids is 1. The first-order valence-electron chi connectivity index (χ1n) is 9.68. The second-order valence-electron chi connectivity index (χ2n) is 7.18. The maximum absolute atomic E-state index is 12.8. The van der Waals surface area contributed by atoms with Crippen LogP contribution in [0, 0.1) is 0 Å². The Morgan fingerprint density at radius 2 is 1.90 bits per heavy atom. The fourth-order valence-corrected chi connectivity index (χ4v) is 3.93. The Morgan fingerprint density at radius 1 is 1.10 bits per heavy atom. The number of amides is 1.